The second-order valence-electron chi connectivity index (χ2n) is 4.27. The number of aromatic nitrogens is 1. The van der Waals surface area contributed by atoms with Crippen molar-refractivity contribution in [1.82, 2.24) is 4.98 Å². The Morgan fingerprint density at radius 2 is 1.65 bits per heavy atom. The standard InChI is InChI=1S/C14H18N2O3S/c1-8(15)10-7-20-14(16-10)9-5-12(18-3)13(19-4)6-11(9)17-2/h5-8H,15H2,1-4H3. The summed E-state index contributed by atoms with van der Waals surface area (Å²) in [5, 5.41) is 2.80. The molecule has 0 amide bonds. The van der Waals surface area contributed by atoms with Crippen LogP contribution >= 0.6 is 11.3 Å². The van der Waals surface area contributed by atoms with Crippen molar-refractivity contribution in [2.45, 2.75) is 13.0 Å². The van der Waals surface area contributed by atoms with E-state index in [-0.39, 0.29) is 6.04 Å². The van der Waals surface area contributed by atoms with Crippen LogP contribution in [0.3, 0.4) is 0 Å². The Kier molecular flexibility index (Phi) is 4.46. The molecule has 0 radical (unpaired) electrons. The molecule has 108 valence electrons. The van der Waals surface area contributed by atoms with E-state index in [1.54, 1.807) is 27.4 Å². The van der Waals surface area contributed by atoms with Gasteiger partial charge in [0.2, 0.25) is 0 Å². The molecule has 1 aromatic heterocycles. The predicted molar refractivity (Wildman–Crippen MR) is 79.8 cm³/mol. The SMILES string of the molecule is COc1cc(OC)c(-c2nc(C(C)N)cs2)cc1OC. The second-order valence-corrected chi connectivity index (χ2v) is 5.13. The number of hydrogen-bond acceptors (Lipinski definition) is 6. The fourth-order valence-corrected chi connectivity index (χ4v) is 2.76. The molecule has 0 aliphatic carbocycles. The fourth-order valence-electron chi connectivity index (χ4n) is 1.82. The molecule has 5 nitrogen and oxygen atoms in total. The van der Waals surface area contributed by atoms with E-state index in [1.807, 2.05) is 18.4 Å². The molecular formula is C14H18N2O3S. The van der Waals surface area contributed by atoms with Crippen LogP contribution < -0.4 is 19.9 Å². The fraction of sp³-hybridized carbons (Fsp3) is 0.357. The molecule has 1 heterocycles. The number of ether oxygens (including phenoxy) is 3. The van der Waals surface area contributed by atoms with E-state index in [9.17, 15) is 0 Å². The number of rotatable bonds is 5. The molecule has 2 rings (SSSR count). The first-order chi connectivity index (χ1) is 9.60. The Labute approximate surface area is 122 Å². The molecule has 0 fully saturated rings. The molecule has 0 saturated heterocycles. The average molecular weight is 294 g/mol. The van der Waals surface area contributed by atoms with Crippen molar-refractivity contribution in [2.75, 3.05) is 21.3 Å². The molecule has 1 aromatic carbocycles. The predicted octanol–water partition coefficient (Wildman–Crippen LogP) is 2.86. The van der Waals surface area contributed by atoms with Gasteiger partial charge in [-0.2, -0.15) is 0 Å². The third-order valence-electron chi connectivity index (χ3n) is 2.92. The van der Waals surface area contributed by atoms with E-state index in [2.05, 4.69) is 4.98 Å². The quantitative estimate of drug-likeness (QED) is 0.918. The molecular weight excluding hydrogens is 276 g/mol. The van der Waals surface area contributed by atoms with Gasteiger partial charge < -0.3 is 19.9 Å². The first-order valence-electron chi connectivity index (χ1n) is 6.12. The first kappa shape index (κ1) is 14.6. The van der Waals surface area contributed by atoms with Gasteiger partial charge in [-0.25, -0.2) is 4.98 Å². The molecule has 20 heavy (non-hydrogen) atoms. The minimum Gasteiger partial charge on any atom is -0.496 e. The van der Waals surface area contributed by atoms with E-state index < -0.39 is 0 Å². The van der Waals surface area contributed by atoms with Crippen molar-refractivity contribution in [1.29, 1.82) is 0 Å². The van der Waals surface area contributed by atoms with Gasteiger partial charge in [0, 0.05) is 17.5 Å². The maximum absolute atomic E-state index is 5.85. The lowest BCUT2D eigenvalue weighted by Gasteiger charge is -2.12. The lowest BCUT2D eigenvalue weighted by molar-refractivity contribution is 0.349. The highest BCUT2D eigenvalue weighted by molar-refractivity contribution is 7.13. The molecule has 0 aliphatic rings. The Hall–Kier alpha value is -1.79. The van der Waals surface area contributed by atoms with E-state index in [0.717, 1.165) is 16.3 Å². The van der Waals surface area contributed by atoms with Crippen LogP contribution in [0.1, 0.15) is 18.7 Å². The number of benzene rings is 1. The zero-order valence-corrected chi connectivity index (χ0v) is 12.8. The zero-order chi connectivity index (χ0) is 14.7. The van der Waals surface area contributed by atoms with Crippen LogP contribution in [-0.4, -0.2) is 26.3 Å². The number of nitrogens with zero attached hydrogens (tertiary/aromatic N) is 1. The molecule has 0 spiro atoms. The number of nitrogens with two attached hydrogens (primary N) is 1. The molecule has 1 unspecified atom stereocenters. The zero-order valence-electron chi connectivity index (χ0n) is 12.0. The third kappa shape index (κ3) is 2.71. The van der Waals surface area contributed by atoms with Crippen molar-refractivity contribution < 1.29 is 14.2 Å². The van der Waals surface area contributed by atoms with Crippen LogP contribution in [0, 0.1) is 0 Å². The van der Waals surface area contributed by atoms with Gasteiger partial charge in [0.05, 0.1) is 32.6 Å². The Morgan fingerprint density at radius 1 is 1.05 bits per heavy atom. The van der Waals surface area contributed by atoms with Crippen LogP contribution in [0.5, 0.6) is 17.2 Å². The lowest BCUT2D eigenvalue weighted by atomic mass is 10.1. The van der Waals surface area contributed by atoms with Crippen LogP contribution in [-0.2, 0) is 0 Å². The number of methoxy groups -OCH3 is 3. The normalized spacial score (nSPS) is 12.1. The van der Waals surface area contributed by atoms with Crippen molar-refractivity contribution in [2.24, 2.45) is 5.73 Å². The van der Waals surface area contributed by atoms with Gasteiger partial charge in [-0.1, -0.05) is 0 Å². The molecule has 0 saturated carbocycles. The van der Waals surface area contributed by atoms with Crippen molar-refractivity contribution >= 4 is 11.3 Å². The van der Waals surface area contributed by atoms with Gasteiger partial charge in [-0.05, 0) is 13.0 Å². The largest absolute Gasteiger partial charge is 0.496 e. The molecule has 6 heteroatoms. The average Bonchev–Trinajstić information content (AvgIpc) is 2.95. The Bertz CT molecular complexity index is 596. The molecule has 1 atom stereocenters. The van der Waals surface area contributed by atoms with E-state index >= 15 is 0 Å². The molecule has 2 aromatic rings. The van der Waals surface area contributed by atoms with E-state index in [0.29, 0.717) is 17.2 Å². The summed E-state index contributed by atoms with van der Waals surface area (Å²) in [5.41, 5.74) is 7.57. The highest BCUT2D eigenvalue weighted by atomic mass is 32.1. The summed E-state index contributed by atoms with van der Waals surface area (Å²) in [6.07, 6.45) is 0. The number of hydrogen-bond donors (Lipinski definition) is 1. The highest BCUT2D eigenvalue weighted by Crippen LogP contribution is 2.41. The van der Waals surface area contributed by atoms with Gasteiger partial charge in [0.15, 0.2) is 11.5 Å². The topological polar surface area (TPSA) is 66.6 Å². The van der Waals surface area contributed by atoms with Crippen molar-refractivity contribution in [3.8, 4) is 27.8 Å². The maximum Gasteiger partial charge on any atom is 0.164 e. The lowest BCUT2D eigenvalue weighted by Crippen LogP contribution is -2.04. The molecule has 2 N–H and O–H groups in total. The Morgan fingerprint density at radius 3 is 2.15 bits per heavy atom. The Balaban J connectivity index is 2.53. The minimum atomic E-state index is -0.0915. The summed E-state index contributed by atoms with van der Waals surface area (Å²) < 4.78 is 16.0. The van der Waals surface area contributed by atoms with Gasteiger partial charge in [0.25, 0.3) is 0 Å². The summed E-state index contributed by atoms with van der Waals surface area (Å²) in [4.78, 5) is 4.54. The molecule has 0 bridgehead atoms. The first-order valence-corrected chi connectivity index (χ1v) is 7.00. The second kappa shape index (κ2) is 6.11. The van der Waals surface area contributed by atoms with E-state index in [1.165, 1.54) is 11.3 Å². The summed E-state index contributed by atoms with van der Waals surface area (Å²) in [6, 6.07) is 3.56. The maximum atomic E-state index is 5.85. The van der Waals surface area contributed by atoms with Gasteiger partial charge in [0.1, 0.15) is 10.8 Å². The monoisotopic (exact) mass is 294 g/mol. The van der Waals surface area contributed by atoms with Crippen LogP contribution in [0.2, 0.25) is 0 Å². The third-order valence-corrected chi connectivity index (χ3v) is 3.82. The summed E-state index contributed by atoms with van der Waals surface area (Å²) in [6.45, 7) is 1.91. The summed E-state index contributed by atoms with van der Waals surface area (Å²) >= 11 is 1.53. The van der Waals surface area contributed by atoms with Gasteiger partial charge in [-0.3, -0.25) is 0 Å². The van der Waals surface area contributed by atoms with E-state index in [4.69, 9.17) is 19.9 Å². The number of thiazole rings is 1. The highest BCUT2D eigenvalue weighted by Gasteiger charge is 2.16. The summed E-state index contributed by atoms with van der Waals surface area (Å²) in [7, 11) is 4.81. The van der Waals surface area contributed by atoms with Crippen molar-refractivity contribution in [3.63, 3.8) is 0 Å². The van der Waals surface area contributed by atoms with Gasteiger partial charge in [-0.15, -0.1) is 11.3 Å². The molecule has 0 aliphatic heterocycles. The smallest absolute Gasteiger partial charge is 0.164 e. The van der Waals surface area contributed by atoms with Crippen LogP contribution in [0.25, 0.3) is 10.6 Å². The minimum absolute atomic E-state index is 0.0915. The van der Waals surface area contributed by atoms with Crippen LogP contribution in [0.4, 0.5) is 0 Å². The summed E-state index contributed by atoms with van der Waals surface area (Å²) in [5.74, 6) is 1.95. The van der Waals surface area contributed by atoms with Crippen molar-refractivity contribution in [3.05, 3.63) is 23.2 Å². The van der Waals surface area contributed by atoms with Crippen LogP contribution in [0.15, 0.2) is 17.5 Å². The van der Waals surface area contributed by atoms with Gasteiger partial charge >= 0.3 is 0 Å².